The molecule has 2 aliphatic rings. The molecule has 0 radical (unpaired) electrons. The first-order chi connectivity index (χ1) is 13.2. The Labute approximate surface area is 158 Å². The minimum Gasteiger partial charge on any atom is -0.493 e. The Balaban J connectivity index is 1.76. The lowest BCUT2D eigenvalue weighted by molar-refractivity contribution is 0.0985. The lowest BCUT2D eigenvalue weighted by Gasteiger charge is -2.41. The Morgan fingerprint density at radius 1 is 1.00 bits per heavy atom. The largest absolute Gasteiger partial charge is 0.493 e. The van der Waals surface area contributed by atoms with Crippen LogP contribution in [0, 0.1) is 0 Å². The van der Waals surface area contributed by atoms with Crippen molar-refractivity contribution in [3.63, 3.8) is 0 Å². The lowest BCUT2D eigenvalue weighted by atomic mass is 10.1. The highest BCUT2D eigenvalue weighted by Gasteiger charge is 2.32. The molecule has 0 saturated carbocycles. The van der Waals surface area contributed by atoms with E-state index < -0.39 is 0 Å². The van der Waals surface area contributed by atoms with Gasteiger partial charge in [-0.2, -0.15) is 0 Å². The van der Waals surface area contributed by atoms with Crippen molar-refractivity contribution in [1.82, 2.24) is 0 Å². The fraction of sp³-hybridized carbons (Fsp3) is 0.350. The number of anilines is 2. The van der Waals surface area contributed by atoms with E-state index >= 15 is 0 Å². The van der Waals surface area contributed by atoms with Crippen LogP contribution in [0.15, 0.2) is 30.3 Å². The molecule has 0 N–H and O–H groups in total. The number of carbonyl (C=O) groups excluding carboxylic acids is 1. The summed E-state index contributed by atoms with van der Waals surface area (Å²) in [7, 11) is 4.61. The van der Waals surface area contributed by atoms with Gasteiger partial charge in [0.2, 0.25) is 5.75 Å². The highest BCUT2D eigenvalue weighted by Crippen LogP contribution is 2.44. The molecule has 0 aromatic heterocycles. The van der Waals surface area contributed by atoms with E-state index in [1.165, 1.54) is 21.3 Å². The highest BCUT2D eigenvalue weighted by molar-refractivity contribution is 6.09. The number of amides is 1. The molecular formula is C20H22N2O5. The molecule has 0 unspecified atom stereocenters. The van der Waals surface area contributed by atoms with Crippen LogP contribution in [0.3, 0.4) is 0 Å². The number of para-hydroxylation sites is 1. The van der Waals surface area contributed by atoms with E-state index in [9.17, 15) is 4.79 Å². The van der Waals surface area contributed by atoms with Gasteiger partial charge in [-0.15, -0.1) is 0 Å². The van der Waals surface area contributed by atoms with Crippen LogP contribution < -0.4 is 28.7 Å². The third-order valence-corrected chi connectivity index (χ3v) is 4.95. The first-order valence-electron chi connectivity index (χ1n) is 8.80. The van der Waals surface area contributed by atoms with Crippen molar-refractivity contribution >= 4 is 17.3 Å². The summed E-state index contributed by atoms with van der Waals surface area (Å²) in [6.07, 6.45) is 0. The Bertz CT molecular complexity index is 858. The molecule has 2 aromatic rings. The zero-order valence-corrected chi connectivity index (χ0v) is 15.7. The molecule has 0 spiro atoms. The first-order valence-corrected chi connectivity index (χ1v) is 8.80. The number of rotatable bonds is 4. The molecule has 0 saturated heterocycles. The second-order valence-electron chi connectivity index (χ2n) is 6.33. The van der Waals surface area contributed by atoms with Crippen LogP contribution in [0.4, 0.5) is 11.4 Å². The smallest absolute Gasteiger partial charge is 0.258 e. The van der Waals surface area contributed by atoms with Crippen LogP contribution in [0.2, 0.25) is 0 Å². The molecule has 2 aliphatic heterocycles. The third-order valence-electron chi connectivity index (χ3n) is 4.95. The molecule has 0 atom stereocenters. The average molecular weight is 370 g/mol. The zero-order chi connectivity index (χ0) is 19.0. The maximum Gasteiger partial charge on any atom is 0.258 e. The van der Waals surface area contributed by atoms with Gasteiger partial charge >= 0.3 is 0 Å². The molecule has 0 bridgehead atoms. The molecule has 7 nitrogen and oxygen atoms in total. The van der Waals surface area contributed by atoms with Gasteiger partial charge in [0.15, 0.2) is 11.5 Å². The van der Waals surface area contributed by atoms with Gasteiger partial charge in [0.05, 0.1) is 33.6 Å². The zero-order valence-electron chi connectivity index (χ0n) is 15.7. The van der Waals surface area contributed by atoms with Crippen molar-refractivity contribution in [2.75, 3.05) is 57.4 Å². The van der Waals surface area contributed by atoms with Gasteiger partial charge in [-0.25, -0.2) is 0 Å². The second-order valence-corrected chi connectivity index (χ2v) is 6.33. The quantitative estimate of drug-likeness (QED) is 0.824. The molecule has 0 fully saturated rings. The van der Waals surface area contributed by atoms with E-state index in [2.05, 4.69) is 4.90 Å². The number of methoxy groups -OCH3 is 3. The third kappa shape index (κ3) is 2.79. The number of carbonyl (C=O) groups is 1. The van der Waals surface area contributed by atoms with Crippen LogP contribution in [0.1, 0.15) is 10.4 Å². The van der Waals surface area contributed by atoms with E-state index in [0.29, 0.717) is 36.0 Å². The molecule has 142 valence electrons. The molecule has 1 amide bonds. The topological polar surface area (TPSA) is 60.5 Å². The molecule has 27 heavy (non-hydrogen) atoms. The number of benzene rings is 2. The second kappa shape index (κ2) is 6.90. The molecule has 7 heteroatoms. The van der Waals surface area contributed by atoms with Gasteiger partial charge < -0.3 is 28.7 Å². The minimum atomic E-state index is -0.118. The SMILES string of the molecule is COc1cc(C(=O)N2CCN3CCOc4cccc2c43)cc(OC)c1OC. The monoisotopic (exact) mass is 370 g/mol. The van der Waals surface area contributed by atoms with Crippen LogP contribution in [-0.4, -0.2) is 53.5 Å². The molecular weight excluding hydrogens is 348 g/mol. The maximum atomic E-state index is 13.3. The van der Waals surface area contributed by atoms with Crippen LogP contribution >= 0.6 is 0 Å². The Kier molecular flexibility index (Phi) is 4.43. The normalized spacial score (nSPS) is 14.9. The fourth-order valence-electron chi connectivity index (χ4n) is 3.68. The molecule has 2 aromatic carbocycles. The summed E-state index contributed by atoms with van der Waals surface area (Å²) in [5.41, 5.74) is 2.32. The van der Waals surface area contributed by atoms with E-state index in [1.807, 2.05) is 18.2 Å². The molecule has 2 heterocycles. The van der Waals surface area contributed by atoms with Gasteiger partial charge in [0, 0.05) is 18.7 Å². The van der Waals surface area contributed by atoms with Crippen LogP contribution in [0.5, 0.6) is 23.0 Å². The lowest BCUT2D eigenvalue weighted by Crippen LogP contribution is -2.47. The summed E-state index contributed by atoms with van der Waals surface area (Å²) in [6.45, 7) is 2.86. The van der Waals surface area contributed by atoms with E-state index in [-0.39, 0.29) is 5.91 Å². The summed E-state index contributed by atoms with van der Waals surface area (Å²) in [5.74, 6) is 2.08. The number of ether oxygens (including phenoxy) is 4. The van der Waals surface area contributed by atoms with Crippen LogP contribution in [-0.2, 0) is 0 Å². The van der Waals surface area contributed by atoms with E-state index in [0.717, 1.165) is 30.2 Å². The van der Waals surface area contributed by atoms with E-state index in [4.69, 9.17) is 18.9 Å². The van der Waals surface area contributed by atoms with Gasteiger partial charge in [0.25, 0.3) is 5.91 Å². The van der Waals surface area contributed by atoms with Gasteiger partial charge in [-0.3, -0.25) is 4.79 Å². The summed E-state index contributed by atoms with van der Waals surface area (Å²) in [6, 6.07) is 9.18. The van der Waals surface area contributed by atoms with E-state index in [1.54, 1.807) is 17.0 Å². The Morgan fingerprint density at radius 3 is 2.41 bits per heavy atom. The highest BCUT2D eigenvalue weighted by atomic mass is 16.5. The number of nitrogens with zero attached hydrogens (tertiary/aromatic N) is 2. The maximum absolute atomic E-state index is 13.3. The molecule has 4 rings (SSSR count). The number of hydrogen-bond acceptors (Lipinski definition) is 6. The minimum absolute atomic E-state index is 0.118. The standard InChI is InChI=1S/C20H22N2O5/c1-24-16-11-13(12-17(25-2)19(16)26-3)20(23)22-8-7-21-9-10-27-15-6-4-5-14(22)18(15)21/h4-6,11-12H,7-10H2,1-3H3. The summed E-state index contributed by atoms with van der Waals surface area (Å²) in [5, 5.41) is 0. The summed E-state index contributed by atoms with van der Waals surface area (Å²) in [4.78, 5) is 17.4. The first kappa shape index (κ1) is 17.3. The average Bonchev–Trinajstić information content (AvgIpc) is 2.72. The molecule has 0 aliphatic carbocycles. The summed E-state index contributed by atoms with van der Waals surface area (Å²) < 4.78 is 21.9. The van der Waals surface area contributed by atoms with Crippen LogP contribution in [0.25, 0.3) is 0 Å². The van der Waals surface area contributed by atoms with Crippen molar-refractivity contribution in [1.29, 1.82) is 0 Å². The predicted molar refractivity (Wildman–Crippen MR) is 102 cm³/mol. The summed E-state index contributed by atoms with van der Waals surface area (Å²) >= 11 is 0. The number of hydrogen-bond donors (Lipinski definition) is 0. The Morgan fingerprint density at radius 2 is 1.74 bits per heavy atom. The van der Waals surface area contributed by atoms with Gasteiger partial charge in [-0.05, 0) is 24.3 Å². The van der Waals surface area contributed by atoms with Gasteiger partial charge in [-0.1, -0.05) is 6.07 Å². The van der Waals surface area contributed by atoms with Crippen molar-refractivity contribution in [3.05, 3.63) is 35.9 Å². The predicted octanol–water partition coefficient (Wildman–Crippen LogP) is 2.57. The Hall–Kier alpha value is -3.09. The van der Waals surface area contributed by atoms with Gasteiger partial charge in [0.1, 0.15) is 18.0 Å². The van der Waals surface area contributed by atoms with Crippen molar-refractivity contribution in [2.45, 2.75) is 0 Å². The van der Waals surface area contributed by atoms with Crippen molar-refractivity contribution in [3.8, 4) is 23.0 Å². The van der Waals surface area contributed by atoms with Crippen molar-refractivity contribution < 1.29 is 23.7 Å². The fourth-order valence-corrected chi connectivity index (χ4v) is 3.68. The van der Waals surface area contributed by atoms with Crippen molar-refractivity contribution in [2.24, 2.45) is 0 Å².